The van der Waals surface area contributed by atoms with E-state index >= 15 is 0 Å². The second-order valence-corrected chi connectivity index (χ2v) is 5.66. The first kappa shape index (κ1) is 19.0. The Morgan fingerprint density at radius 2 is 1.82 bits per heavy atom. The number of esters is 1. The zero-order chi connectivity index (χ0) is 20.1. The van der Waals surface area contributed by atoms with E-state index in [2.05, 4.69) is 5.32 Å². The summed E-state index contributed by atoms with van der Waals surface area (Å²) < 4.78 is 20.6. The number of hydrogen-bond donors (Lipinski definition) is 1. The fourth-order valence-corrected chi connectivity index (χ4v) is 2.49. The molecule has 0 aliphatic rings. The van der Waals surface area contributed by atoms with Crippen LogP contribution in [0.5, 0.6) is 11.5 Å². The molecule has 0 atom stereocenters. The molecule has 3 aromatic rings. The van der Waals surface area contributed by atoms with E-state index in [9.17, 15) is 14.4 Å². The van der Waals surface area contributed by atoms with Gasteiger partial charge in [-0.1, -0.05) is 12.1 Å². The van der Waals surface area contributed by atoms with E-state index in [1.807, 2.05) is 0 Å². The summed E-state index contributed by atoms with van der Waals surface area (Å²) in [5.41, 5.74) is 0.275. The third-order valence-electron chi connectivity index (χ3n) is 3.85. The lowest BCUT2D eigenvalue weighted by Crippen LogP contribution is -2.21. The van der Waals surface area contributed by atoms with Crippen LogP contribution in [0.4, 0.5) is 5.69 Å². The van der Waals surface area contributed by atoms with Crippen molar-refractivity contribution in [1.82, 2.24) is 0 Å². The Morgan fingerprint density at radius 1 is 1.04 bits per heavy atom. The average Bonchev–Trinajstić information content (AvgIpc) is 2.72. The Hall–Kier alpha value is -3.81. The monoisotopic (exact) mass is 383 g/mol. The lowest BCUT2D eigenvalue weighted by molar-refractivity contribution is -0.119. The number of fused-ring (bicyclic) bond motifs is 1. The summed E-state index contributed by atoms with van der Waals surface area (Å²) in [5, 5.41) is 2.92. The number of rotatable bonds is 6. The predicted molar refractivity (Wildman–Crippen MR) is 101 cm³/mol. The maximum Gasteiger partial charge on any atom is 0.374 e. The number of nitrogens with one attached hydrogen (secondary N) is 1. The van der Waals surface area contributed by atoms with Gasteiger partial charge in [0.25, 0.3) is 5.91 Å². The van der Waals surface area contributed by atoms with Crippen LogP contribution in [0.25, 0.3) is 11.0 Å². The first-order valence-corrected chi connectivity index (χ1v) is 8.23. The van der Waals surface area contributed by atoms with Crippen LogP contribution in [-0.4, -0.2) is 32.7 Å². The van der Waals surface area contributed by atoms with Gasteiger partial charge in [-0.2, -0.15) is 0 Å². The molecule has 1 amide bonds. The Kier molecular flexibility index (Phi) is 5.59. The Balaban J connectivity index is 1.66. The number of methoxy groups -OCH3 is 2. The van der Waals surface area contributed by atoms with Crippen LogP contribution < -0.4 is 20.2 Å². The van der Waals surface area contributed by atoms with Gasteiger partial charge in [-0.15, -0.1) is 0 Å². The smallest absolute Gasteiger partial charge is 0.374 e. The van der Waals surface area contributed by atoms with Gasteiger partial charge >= 0.3 is 5.97 Å². The van der Waals surface area contributed by atoms with Crippen LogP contribution in [0.2, 0.25) is 0 Å². The van der Waals surface area contributed by atoms with E-state index < -0.39 is 18.5 Å². The van der Waals surface area contributed by atoms with Gasteiger partial charge in [0.1, 0.15) is 17.1 Å². The molecule has 1 aromatic heterocycles. The molecule has 3 rings (SSSR count). The Morgan fingerprint density at radius 3 is 2.57 bits per heavy atom. The van der Waals surface area contributed by atoms with Crippen LogP contribution in [0.1, 0.15) is 10.6 Å². The first-order chi connectivity index (χ1) is 13.5. The zero-order valence-electron chi connectivity index (χ0n) is 15.2. The molecule has 0 bridgehead atoms. The van der Waals surface area contributed by atoms with Gasteiger partial charge in [0.05, 0.1) is 25.3 Å². The van der Waals surface area contributed by atoms with Gasteiger partial charge in [-0.25, -0.2) is 4.79 Å². The number of ether oxygens (including phenoxy) is 3. The van der Waals surface area contributed by atoms with E-state index in [1.54, 1.807) is 42.5 Å². The minimum atomic E-state index is -0.917. The standard InChI is InChI=1S/C20H17NO7/c1-25-12-7-8-14(17(9-12)26-2)21-19(23)11-27-20(24)18-10-15(22)13-5-3-4-6-16(13)28-18/h3-10H,11H2,1-2H3,(H,21,23). The minimum Gasteiger partial charge on any atom is -0.497 e. The van der Waals surface area contributed by atoms with Crippen LogP contribution in [0.3, 0.4) is 0 Å². The maximum atomic E-state index is 12.1. The van der Waals surface area contributed by atoms with Gasteiger partial charge < -0.3 is 23.9 Å². The molecule has 0 spiro atoms. The zero-order valence-corrected chi connectivity index (χ0v) is 15.2. The predicted octanol–water partition coefficient (Wildman–Crippen LogP) is 2.61. The fourth-order valence-electron chi connectivity index (χ4n) is 2.49. The van der Waals surface area contributed by atoms with E-state index in [0.29, 0.717) is 22.6 Å². The van der Waals surface area contributed by atoms with Crippen molar-refractivity contribution in [3.8, 4) is 11.5 Å². The van der Waals surface area contributed by atoms with Crippen molar-refractivity contribution in [3.63, 3.8) is 0 Å². The number of benzene rings is 2. The number of hydrogen-bond acceptors (Lipinski definition) is 7. The molecule has 0 aliphatic heterocycles. The van der Waals surface area contributed by atoms with E-state index in [1.165, 1.54) is 14.2 Å². The molecule has 8 heteroatoms. The number of para-hydroxylation sites is 1. The van der Waals surface area contributed by atoms with Crippen molar-refractivity contribution in [2.24, 2.45) is 0 Å². The van der Waals surface area contributed by atoms with Crippen LogP contribution in [0.15, 0.2) is 57.7 Å². The van der Waals surface area contributed by atoms with Crippen molar-refractivity contribution in [2.45, 2.75) is 0 Å². The summed E-state index contributed by atoms with van der Waals surface area (Å²) in [4.78, 5) is 36.2. The third kappa shape index (κ3) is 4.12. The number of carbonyl (C=O) groups is 2. The lowest BCUT2D eigenvalue weighted by Gasteiger charge is -2.11. The fraction of sp³-hybridized carbons (Fsp3) is 0.150. The molecule has 144 valence electrons. The summed E-state index contributed by atoms with van der Waals surface area (Å²) in [6, 6.07) is 12.4. The summed E-state index contributed by atoms with van der Waals surface area (Å²) >= 11 is 0. The molecular formula is C20H17NO7. The highest BCUT2D eigenvalue weighted by Crippen LogP contribution is 2.28. The first-order valence-electron chi connectivity index (χ1n) is 8.23. The molecule has 1 heterocycles. The molecule has 0 unspecified atom stereocenters. The van der Waals surface area contributed by atoms with Crippen LogP contribution in [-0.2, 0) is 9.53 Å². The molecule has 28 heavy (non-hydrogen) atoms. The van der Waals surface area contributed by atoms with Gasteiger partial charge in [-0.05, 0) is 24.3 Å². The molecule has 1 N–H and O–H groups in total. The van der Waals surface area contributed by atoms with Crippen molar-refractivity contribution in [2.75, 3.05) is 26.1 Å². The Bertz CT molecular complexity index is 1090. The summed E-state index contributed by atoms with van der Waals surface area (Å²) in [7, 11) is 2.96. The van der Waals surface area contributed by atoms with Crippen molar-refractivity contribution in [3.05, 3.63) is 64.5 Å². The molecule has 0 saturated carbocycles. The molecule has 0 fully saturated rings. The van der Waals surface area contributed by atoms with Crippen molar-refractivity contribution < 1.29 is 28.2 Å². The summed E-state index contributed by atoms with van der Waals surface area (Å²) in [5.74, 6) is -0.828. The number of carbonyl (C=O) groups excluding carboxylic acids is 2. The average molecular weight is 383 g/mol. The normalized spacial score (nSPS) is 10.4. The van der Waals surface area contributed by atoms with E-state index in [-0.39, 0.29) is 16.8 Å². The van der Waals surface area contributed by atoms with Crippen molar-refractivity contribution in [1.29, 1.82) is 0 Å². The van der Waals surface area contributed by atoms with Crippen molar-refractivity contribution >= 4 is 28.5 Å². The number of anilines is 1. The largest absolute Gasteiger partial charge is 0.497 e. The molecule has 0 radical (unpaired) electrons. The lowest BCUT2D eigenvalue weighted by atomic mass is 10.2. The highest BCUT2D eigenvalue weighted by Gasteiger charge is 2.16. The SMILES string of the molecule is COc1ccc(NC(=O)COC(=O)c2cc(=O)c3ccccc3o2)c(OC)c1. The second-order valence-electron chi connectivity index (χ2n) is 5.66. The van der Waals surface area contributed by atoms with Gasteiger partial charge in [0, 0.05) is 12.1 Å². The van der Waals surface area contributed by atoms with E-state index in [4.69, 9.17) is 18.6 Å². The quantitative estimate of drug-likeness (QED) is 0.653. The molecule has 2 aromatic carbocycles. The van der Waals surface area contributed by atoms with Gasteiger partial charge in [-0.3, -0.25) is 9.59 Å². The van der Waals surface area contributed by atoms with E-state index in [0.717, 1.165) is 6.07 Å². The molecule has 0 saturated heterocycles. The minimum absolute atomic E-state index is 0.259. The second kappa shape index (κ2) is 8.26. The third-order valence-corrected chi connectivity index (χ3v) is 3.85. The highest BCUT2D eigenvalue weighted by atomic mass is 16.5. The van der Waals surface area contributed by atoms with Crippen LogP contribution >= 0.6 is 0 Å². The summed E-state index contributed by atoms with van der Waals surface area (Å²) in [6.45, 7) is -0.565. The Labute approximate surface area is 159 Å². The highest BCUT2D eigenvalue weighted by molar-refractivity contribution is 5.96. The van der Waals surface area contributed by atoms with Crippen LogP contribution in [0, 0.1) is 0 Å². The van der Waals surface area contributed by atoms with Gasteiger partial charge in [0.15, 0.2) is 12.0 Å². The molecular weight excluding hydrogens is 366 g/mol. The topological polar surface area (TPSA) is 104 Å². The van der Waals surface area contributed by atoms with Gasteiger partial charge in [0.2, 0.25) is 5.76 Å². The summed E-state index contributed by atoms with van der Waals surface area (Å²) in [6.07, 6.45) is 0. The maximum absolute atomic E-state index is 12.1. The molecule has 0 aliphatic carbocycles. The number of amides is 1. The molecule has 8 nitrogen and oxygen atoms in total.